The summed E-state index contributed by atoms with van der Waals surface area (Å²) in [6, 6.07) is 9.92. The van der Waals surface area contributed by atoms with E-state index in [1.54, 1.807) is 13.2 Å². The Morgan fingerprint density at radius 1 is 1.17 bits per heavy atom. The van der Waals surface area contributed by atoms with Crippen LogP contribution in [0.1, 0.15) is 24.4 Å². The molecule has 0 fully saturated rings. The Labute approximate surface area is 107 Å². The van der Waals surface area contributed by atoms with Gasteiger partial charge < -0.3 is 10.5 Å². The van der Waals surface area contributed by atoms with Crippen molar-refractivity contribution in [1.82, 2.24) is 9.97 Å². The zero-order chi connectivity index (χ0) is 13.1. The van der Waals surface area contributed by atoms with Gasteiger partial charge in [0.05, 0.1) is 5.69 Å². The van der Waals surface area contributed by atoms with Crippen molar-refractivity contribution in [2.24, 2.45) is 0 Å². The Kier molecular flexibility index (Phi) is 3.58. The Bertz CT molecular complexity index is 537. The molecule has 0 spiro atoms. The van der Waals surface area contributed by atoms with Gasteiger partial charge in [0, 0.05) is 18.7 Å². The van der Waals surface area contributed by atoms with Crippen molar-refractivity contribution in [3.8, 4) is 11.3 Å². The third-order valence-corrected chi connectivity index (χ3v) is 2.83. The first-order chi connectivity index (χ1) is 8.60. The molecule has 2 aromatic rings. The molecule has 0 aliphatic heterocycles. The van der Waals surface area contributed by atoms with Crippen LogP contribution in [0.3, 0.4) is 0 Å². The third kappa shape index (κ3) is 2.65. The van der Waals surface area contributed by atoms with Crippen LogP contribution in [0.2, 0.25) is 0 Å². The average molecular weight is 243 g/mol. The first-order valence-electron chi connectivity index (χ1n) is 5.84. The highest BCUT2D eigenvalue weighted by Gasteiger charge is 2.10. The lowest BCUT2D eigenvalue weighted by Crippen LogP contribution is -2.06. The van der Waals surface area contributed by atoms with Gasteiger partial charge in [-0.3, -0.25) is 0 Å². The second-order valence-electron chi connectivity index (χ2n) is 4.28. The molecule has 2 N–H and O–H groups in total. The van der Waals surface area contributed by atoms with Crippen LogP contribution in [0.5, 0.6) is 0 Å². The van der Waals surface area contributed by atoms with E-state index in [1.165, 1.54) is 5.56 Å². The molecule has 1 unspecified atom stereocenters. The fourth-order valence-electron chi connectivity index (χ4n) is 1.64. The minimum absolute atomic E-state index is 0.169. The SMILES string of the molecule is COC(C)c1nc(N)cc(-c2ccc(C)cc2)n1. The maximum Gasteiger partial charge on any atom is 0.159 e. The Balaban J connectivity index is 2.44. The van der Waals surface area contributed by atoms with Crippen molar-refractivity contribution in [3.63, 3.8) is 0 Å². The molecule has 1 heterocycles. The summed E-state index contributed by atoms with van der Waals surface area (Å²) in [6.45, 7) is 3.95. The molecule has 0 radical (unpaired) electrons. The van der Waals surface area contributed by atoms with Gasteiger partial charge in [0.15, 0.2) is 5.82 Å². The van der Waals surface area contributed by atoms with E-state index in [9.17, 15) is 0 Å². The highest BCUT2D eigenvalue weighted by Crippen LogP contribution is 2.22. The van der Waals surface area contributed by atoms with E-state index in [1.807, 2.05) is 31.2 Å². The molecule has 18 heavy (non-hydrogen) atoms. The van der Waals surface area contributed by atoms with Gasteiger partial charge >= 0.3 is 0 Å². The second kappa shape index (κ2) is 5.14. The number of rotatable bonds is 3. The van der Waals surface area contributed by atoms with E-state index in [4.69, 9.17) is 10.5 Å². The number of benzene rings is 1. The number of nitrogen functional groups attached to an aromatic ring is 1. The van der Waals surface area contributed by atoms with Crippen molar-refractivity contribution in [2.75, 3.05) is 12.8 Å². The highest BCUT2D eigenvalue weighted by atomic mass is 16.5. The molecule has 4 nitrogen and oxygen atoms in total. The van der Waals surface area contributed by atoms with Crippen molar-refractivity contribution >= 4 is 5.82 Å². The van der Waals surface area contributed by atoms with Crippen LogP contribution in [0.25, 0.3) is 11.3 Å². The van der Waals surface area contributed by atoms with Crippen LogP contribution in [-0.2, 0) is 4.74 Å². The lowest BCUT2D eigenvalue weighted by atomic mass is 10.1. The lowest BCUT2D eigenvalue weighted by molar-refractivity contribution is 0.112. The van der Waals surface area contributed by atoms with Gasteiger partial charge in [-0.15, -0.1) is 0 Å². The van der Waals surface area contributed by atoms with Crippen LogP contribution >= 0.6 is 0 Å². The predicted molar refractivity (Wildman–Crippen MR) is 72.0 cm³/mol. The molecule has 94 valence electrons. The number of ether oxygens (including phenoxy) is 1. The molecule has 0 amide bonds. The van der Waals surface area contributed by atoms with Gasteiger partial charge in [0.2, 0.25) is 0 Å². The van der Waals surface area contributed by atoms with Crippen molar-refractivity contribution < 1.29 is 4.74 Å². The van der Waals surface area contributed by atoms with Crippen molar-refractivity contribution in [3.05, 3.63) is 41.7 Å². The normalized spacial score (nSPS) is 12.4. The van der Waals surface area contributed by atoms with Gasteiger partial charge in [0.1, 0.15) is 11.9 Å². The zero-order valence-electron chi connectivity index (χ0n) is 10.8. The van der Waals surface area contributed by atoms with E-state index < -0.39 is 0 Å². The molecule has 1 atom stereocenters. The fraction of sp³-hybridized carbons (Fsp3) is 0.286. The molecule has 1 aromatic heterocycles. The molecule has 0 aliphatic carbocycles. The van der Waals surface area contributed by atoms with Crippen LogP contribution in [-0.4, -0.2) is 17.1 Å². The molecule has 2 rings (SSSR count). The summed E-state index contributed by atoms with van der Waals surface area (Å²) in [6.07, 6.45) is -0.169. The predicted octanol–water partition coefficient (Wildman–Crippen LogP) is 2.74. The van der Waals surface area contributed by atoms with E-state index in [0.29, 0.717) is 11.6 Å². The second-order valence-corrected chi connectivity index (χ2v) is 4.28. The van der Waals surface area contributed by atoms with E-state index >= 15 is 0 Å². The first-order valence-corrected chi connectivity index (χ1v) is 5.84. The monoisotopic (exact) mass is 243 g/mol. The topological polar surface area (TPSA) is 61.0 Å². The van der Waals surface area contributed by atoms with Crippen LogP contribution < -0.4 is 5.73 Å². The quantitative estimate of drug-likeness (QED) is 0.900. The number of hydrogen-bond donors (Lipinski definition) is 1. The van der Waals surface area contributed by atoms with Crippen molar-refractivity contribution in [2.45, 2.75) is 20.0 Å². The number of nitrogens with two attached hydrogens (primary N) is 1. The minimum Gasteiger partial charge on any atom is -0.384 e. The number of aryl methyl sites for hydroxylation is 1. The lowest BCUT2D eigenvalue weighted by Gasteiger charge is -2.10. The van der Waals surface area contributed by atoms with Gasteiger partial charge in [0.25, 0.3) is 0 Å². The maximum absolute atomic E-state index is 5.81. The van der Waals surface area contributed by atoms with Crippen LogP contribution in [0, 0.1) is 6.92 Å². The van der Waals surface area contributed by atoms with Gasteiger partial charge in [-0.2, -0.15) is 0 Å². The molecule has 4 heteroatoms. The van der Waals surface area contributed by atoms with E-state index in [-0.39, 0.29) is 6.10 Å². The fourth-order valence-corrected chi connectivity index (χ4v) is 1.64. The first kappa shape index (κ1) is 12.5. The molecule has 1 aromatic carbocycles. The Morgan fingerprint density at radius 3 is 2.44 bits per heavy atom. The molecule has 0 saturated heterocycles. The Morgan fingerprint density at radius 2 is 1.83 bits per heavy atom. The highest BCUT2D eigenvalue weighted by molar-refractivity contribution is 5.62. The van der Waals surface area contributed by atoms with Gasteiger partial charge in [-0.05, 0) is 13.8 Å². The molecule has 0 bridgehead atoms. The number of nitrogens with zero attached hydrogens (tertiary/aromatic N) is 2. The summed E-state index contributed by atoms with van der Waals surface area (Å²) < 4.78 is 5.22. The molecular weight excluding hydrogens is 226 g/mol. The molecular formula is C14H17N3O. The Hall–Kier alpha value is -1.94. The maximum atomic E-state index is 5.81. The smallest absolute Gasteiger partial charge is 0.159 e. The van der Waals surface area contributed by atoms with Crippen LogP contribution in [0.15, 0.2) is 30.3 Å². The summed E-state index contributed by atoms with van der Waals surface area (Å²) in [7, 11) is 1.63. The van der Waals surface area contributed by atoms with Crippen molar-refractivity contribution in [1.29, 1.82) is 0 Å². The standard InChI is InChI=1S/C14H17N3O/c1-9-4-6-11(7-5-9)12-8-13(15)17-14(16-12)10(2)18-3/h4-8,10H,1-3H3,(H2,15,16,17). The minimum atomic E-state index is -0.169. The summed E-state index contributed by atoms with van der Waals surface area (Å²) >= 11 is 0. The van der Waals surface area contributed by atoms with Gasteiger partial charge in [-0.1, -0.05) is 29.8 Å². The molecule has 0 aliphatic rings. The van der Waals surface area contributed by atoms with E-state index in [2.05, 4.69) is 16.9 Å². The number of anilines is 1. The average Bonchev–Trinajstić information content (AvgIpc) is 2.38. The summed E-state index contributed by atoms with van der Waals surface area (Å²) in [5, 5.41) is 0. The zero-order valence-corrected chi connectivity index (χ0v) is 10.8. The number of aromatic nitrogens is 2. The number of methoxy groups -OCH3 is 1. The largest absolute Gasteiger partial charge is 0.384 e. The third-order valence-electron chi connectivity index (χ3n) is 2.83. The molecule has 0 saturated carbocycles. The van der Waals surface area contributed by atoms with Gasteiger partial charge in [-0.25, -0.2) is 9.97 Å². The van der Waals surface area contributed by atoms with Crippen LogP contribution in [0.4, 0.5) is 5.82 Å². The van der Waals surface area contributed by atoms with E-state index in [0.717, 1.165) is 11.3 Å². The summed E-state index contributed by atoms with van der Waals surface area (Å²) in [5.41, 5.74) is 8.87. The number of hydrogen-bond acceptors (Lipinski definition) is 4. The summed E-state index contributed by atoms with van der Waals surface area (Å²) in [5.74, 6) is 1.06. The summed E-state index contributed by atoms with van der Waals surface area (Å²) in [4.78, 5) is 8.68.